The fourth-order valence-electron chi connectivity index (χ4n) is 8.53. The number of ether oxygens (including phenoxy) is 1. The van der Waals surface area contributed by atoms with Crippen LogP contribution < -0.4 is 4.84 Å². The Kier molecular flexibility index (Phi) is 43.5. The molecule has 1 heterocycles. The summed E-state index contributed by atoms with van der Waals surface area (Å²) in [4.78, 5) is 79.5. The van der Waals surface area contributed by atoms with Crippen LogP contribution in [0.1, 0.15) is 95.4 Å². The predicted molar refractivity (Wildman–Crippen MR) is 379 cm³/mol. The number of nitriles is 2. The lowest BCUT2D eigenvalue weighted by Crippen LogP contribution is -2.53. The molecule has 3 aliphatic carbocycles. The lowest BCUT2D eigenvalue weighted by atomic mass is 9.53. The molecule has 2 unspecified atom stereocenters. The van der Waals surface area contributed by atoms with Crippen LogP contribution in [0.25, 0.3) is 4.85 Å². The summed E-state index contributed by atoms with van der Waals surface area (Å²) in [5.74, 6) is -2.99. The van der Waals surface area contributed by atoms with Crippen LogP contribution in [0, 0.1) is 34.6 Å². The molecule has 2 aromatic rings. The molecule has 4 aliphatic rings. The number of fused-ring (bicyclic) bond motifs is 1. The van der Waals surface area contributed by atoms with Gasteiger partial charge in [-0.25, -0.2) is 24.1 Å². The summed E-state index contributed by atoms with van der Waals surface area (Å²) in [6.45, 7) is 55.3. The zero-order chi connectivity index (χ0) is 71.1. The van der Waals surface area contributed by atoms with Gasteiger partial charge in [0.05, 0.1) is 12.6 Å². The van der Waals surface area contributed by atoms with Crippen molar-refractivity contribution >= 4 is 130 Å². The Morgan fingerprint density at radius 3 is 1.34 bits per heavy atom. The van der Waals surface area contributed by atoms with Gasteiger partial charge in [0.15, 0.2) is 0 Å². The van der Waals surface area contributed by atoms with E-state index in [2.05, 4.69) is 59.6 Å². The average molecular weight is 1470 g/mol. The number of cyclic esters (lactones) is 2. The molecule has 2 aromatic carbocycles. The van der Waals surface area contributed by atoms with Gasteiger partial charge < -0.3 is 56.7 Å². The summed E-state index contributed by atoms with van der Waals surface area (Å²) in [6.07, 6.45) is 5.29. The first-order chi connectivity index (χ1) is 41.1. The van der Waals surface area contributed by atoms with Gasteiger partial charge in [-0.3, -0.25) is 9.59 Å². The third-order valence-electron chi connectivity index (χ3n) is 11.4. The molecule has 0 saturated heterocycles. The molecule has 91 heavy (non-hydrogen) atoms. The van der Waals surface area contributed by atoms with Gasteiger partial charge in [0, 0.05) is 44.8 Å². The van der Waals surface area contributed by atoms with Crippen molar-refractivity contribution in [3.8, 4) is 12.1 Å². The zero-order valence-electron chi connectivity index (χ0n) is 57.3. The number of hydrogen-bond donors (Lipinski definition) is 3. The molecule has 0 radical (unpaired) electrons. The van der Waals surface area contributed by atoms with Crippen LogP contribution in [0.3, 0.4) is 0 Å². The minimum absolute atomic E-state index is 0. The topological polar surface area (TPSA) is 291 Å². The maximum atomic E-state index is 12.1. The molecule has 33 heteroatoms. The van der Waals surface area contributed by atoms with Gasteiger partial charge in [-0.05, 0) is 163 Å². The number of nitrogens with one attached hydrogen (secondary N) is 1. The van der Waals surface area contributed by atoms with Crippen molar-refractivity contribution in [2.24, 2.45) is 5.41 Å². The van der Waals surface area contributed by atoms with Gasteiger partial charge in [-0.2, -0.15) is 10.5 Å². The SMILES string of the molecule is C.CC.CCCC.CCNCl.CO[Si](C)(C)O[Si](C)(C)O[Si](C)(C)OC.C[Si](C)(O)O[Si](C)(C)O[Si](C)(C)O.N#CC1(C(=O)Cl)CC2c3ccccc3C1c1ccccc12.O=C1C=CC(=O)O1.[C-]#[N+]C(=C)C(=O)O[SiH](C)O[Si](C)(C)O[Si](C)(C)OC(=O)C(=C)C#N. The Labute approximate surface area is 564 Å². The molecular weight excluding hydrogens is 1360 g/mol. The first-order valence-corrected chi connectivity index (χ1v) is 54.4. The predicted octanol–water partition coefficient (Wildman–Crippen LogP) is 13.2. The maximum Gasteiger partial charge on any atom is 0.387 e. The molecule has 514 valence electrons. The van der Waals surface area contributed by atoms with E-state index in [1.54, 1.807) is 79.2 Å². The van der Waals surface area contributed by atoms with Crippen molar-refractivity contribution in [2.45, 2.75) is 184 Å². The van der Waals surface area contributed by atoms with Crippen molar-refractivity contribution in [1.82, 2.24) is 4.84 Å². The number of hydrogen-bond acceptors (Lipinski definition) is 21. The van der Waals surface area contributed by atoms with E-state index in [0.717, 1.165) is 29.8 Å². The van der Waals surface area contributed by atoms with Crippen LogP contribution in [-0.4, -0.2) is 137 Å². The number of halogens is 2. The summed E-state index contributed by atoms with van der Waals surface area (Å²) in [7, 11) is -18.4. The first kappa shape index (κ1) is 93.4. The molecular formula is C58H104Cl2N4O18Si9. The van der Waals surface area contributed by atoms with E-state index in [0.29, 0.717) is 6.42 Å². The van der Waals surface area contributed by atoms with E-state index < -0.39 is 112 Å². The van der Waals surface area contributed by atoms with E-state index in [-0.39, 0.29) is 30.5 Å². The largest absolute Gasteiger partial charge is 0.502 e. The standard InChI is InChI=1S/C18H12ClNO.C13H20N2O6Si3.C8H24O4Si3.C6H20O4Si3.C4H2O3.C4H10.C2H6ClN.C2H6.CH4/c19-17(21)18(10-20)9-15-11-5-1-3-7-13(11)16(18)14-8-4-2-6-12(14)15;1-10(9-14)12(16)19-23(5,6)21-24(7,8)20-22(4)18-13(17)11(2)15-3;1-9-13(3,4)11-15(7,8)12-14(5,6)10-2;1-11(2,7)9-13(5,6)10-12(3,4)8;5-3-1-2-4(6)7-3;1-3-4-2;1-2-4-3;1-2;/h1-8,15-16H,9H2;22H,1-2H2,4-8H3;1-8H3;7-8H,1-6H3;1-2H;3-4H2,1-2H3;4H,2H2,1H3;1-2H3;1H4. The number of nitrogens with zero attached hydrogens (tertiary/aromatic N) is 3. The Morgan fingerprint density at radius 1 is 0.692 bits per heavy atom. The summed E-state index contributed by atoms with van der Waals surface area (Å²) < 4.78 is 59.5. The van der Waals surface area contributed by atoms with Gasteiger partial charge in [-0.1, -0.05) is 117 Å². The second-order valence-electron chi connectivity index (χ2n) is 23.2. The molecule has 0 spiro atoms. The highest BCUT2D eigenvalue weighted by Crippen LogP contribution is 2.61. The monoisotopic (exact) mass is 1470 g/mol. The Balaban J connectivity index is -0.000000517. The number of benzene rings is 2. The second-order valence-corrected chi connectivity index (χ2v) is 53.8. The van der Waals surface area contributed by atoms with E-state index in [1.807, 2.05) is 110 Å². The van der Waals surface area contributed by atoms with Crippen molar-refractivity contribution < 1.29 is 80.7 Å². The Morgan fingerprint density at radius 2 is 1.05 bits per heavy atom. The number of rotatable bonds is 21. The van der Waals surface area contributed by atoms with Crippen molar-refractivity contribution in [3.63, 3.8) is 0 Å². The van der Waals surface area contributed by atoms with Crippen LogP contribution in [-0.2, 0) is 71.1 Å². The van der Waals surface area contributed by atoms with Crippen LogP contribution in [0.4, 0.5) is 0 Å². The van der Waals surface area contributed by atoms with Gasteiger partial charge in [0.25, 0.3) is 5.70 Å². The third-order valence-corrected chi connectivity index (χ3v) is 38.5. The molecule has 22 nitrogen and oxygen atoms in total. The fraction of sp³-hybridized carbons (Fsp3) is 0.552. The van der Waals surface area contributed by atoms with Crippen LogP contribution in [0.2, 0.25) is 111 Å². The minimum atomic E-state index is -2.93. The molecule has 0 saturated carbocycles. The van der Waals surface area contributed by atoms with Crippen LogP contribution >= 0.6 is 23.4 Å². The summed E-state index contributed by atoms with van der Waals surface area (Å²) in [6, 6.07) is 20.1. The molecule has 2 atom stereocenters. The van der Waals surface area contributed by atoms with Gasteiger partial charge in [0.2, 0.25) is 5.24 Å². The van der Waals surface area contributed by atoms with Crippen molar-refractivity contribution in [3.05, 3.63) is 119 Å². The fourth-order valence-corrected chi connectivity index (χ4v) is 39.5. The summed E-state index contributed by atoms with van der Waals surface area (Å²) >= 11 is 10.8. The van der Waals surface area contributed by atoms with Gasteiger partial charge >= 0.3 is 102 Å². The zero-order valence-corrected chi connectivity index (χ0v) is 67.9. The highest BCUT2D eigenvalue weighted by molar-refractivity contribution is 6.85. The quantitative estimate of drug-likeness (QED) is 0.0153. The van der Waals surface area contributed by atoms with Crippen LogP contribution in [0.15, 0.2) is 85.1 Å². The highest BCUT2D eigenvalue weighted by atomic mass is 35.5. The number of esters is 2. The van der Waals surface area contributed by atoms with E-state index >= 15 is 0 Å². The number of carbonyl (C=O) groups excluding carboxylic acids is 5. The first-order valence-electron chi connectivity index (χ1n) is 29.0. The van der Waals surface area contributed by atoms with Gasteiger partial charge in [0.1, 0.15) is 17.1 Å². The summed E-state index contributed by atoms with van der Waals surface area (Å²) in [5.41, 5.74) is 2.82. The van der Waals surface area contributed by atoms with Crippen LogP contribution in [0.5, 0.6) is 0 Å². The average Bonchev–Trinajstić information content (AvgIpc) is 0.890. The molecule has 1 aliphatic heterocycles. The second kappa shape index (κ2) is 42.4. The molecule has 2 bridgehead atoms. The molecule has 0 fully saturated rings. The number of carbonyl (C=O) groups is 5. The lowest BCUT2D eigenvalue weighted by Gasteiger charge is -2.48. The molecule has 6 rings (SSSR count). The number of unbranched alkanes of at least 4 members (excludes halogenated alkanes) is 1. The third kappa shape index (κ3) is 37.6. The Bertz CT molecular complexity index is 2730. The van der Waals surface area contributed by atoms with Crippen molar-refractivity contribution in [1.29, 1.82) is 10.5 Å². The lowest BCUT2D eigenvalue weighted by molar-refractivity contribution is -0.150. The van der Waals surface area contributed by atoms with Gasteiger partial charge in [-0.15, -0.1) is 0 Å². The Hall–Kier alpha value is -4.03. The molecule has 0 amide bonds. The minimum Gasteiger partial charge on any atom is -0.502 e. The highest BCUT2D eigenvalue weighted by Gasteiger charge is 2.57. The maximum absolute atomic E-state index is 12.1. The van der Waals surface area contributed by atoms with Crippen molar-refractivity contribution in [2.75, 3.05) is 20.8 Å². The molecule has 3 N–H and O–H groups in total. The van der Waals surface area contributed by atoms with E-state index in [4.69, 9.17) is 77.6 Å². The van der Waals surface area contributed by atoms with E-state index in [9.17, 15) is 38.8 Å². The normalized spacial score (nSPS) is 16.4. The summed E-state index contributed by atoms with van der Waals surface area (Å²) in [5, 5.41) is 17.8. The molecule has 0 aromatic heterocycles. The smallest absolute Gasteiger partial charge is 0.387 e. The van der Waals surface area contributed by atoms with E-state index in [1.165, 1.54) is 24.0 Å².